The molecule has 0 atom stereocenters. The molecule has 5 nitrogen and oxygen atoms in total. The van der Waals surface area contributed by atoms with Gasteiger partial charge in [0.2, 0.25) is 0 Å². The molecule has 1 aromatic heterocycles. The van der Waals surface area contributed by atoms with Crippen LogP contribution in [0.25, 0.3) is 0 Å². The van der Waals surface area contributed by atoms with E-state index >= 15 is 0 Å². The largest absolute Gasteiger partial charge is 0.382 e. The summed E-state index contributed by atoms with van der Waals surface area (Å²) in [7, 11) is 0. The molecule has 0 unspecified atom stereocenters. The van der Waals surface area contributed by atoms with Crippen LogP contribution in [0.1, 0.15) is 23.2 Å². The van der Waals surface area contributed by atoms with E-state index in [1.54, 1.807) is 18.2 Å². The van der Waals surface area contributed by atoms with Gasteiger partial charge in [-0.25, -0.2) is 4.39 Å². The third kappa shape index (κ3) is 3.05. The van der Waals surface area contributed by atoms with Gasteiger partial charge in [0, 0.05) is 24.6 Å². The van der Waals surface area contributed by atoms with Crippen LogP contribution in [-0.2, 0) is 0 Å². The molecule has 3 rings (SSSR count). The van der Waals surface area contributed by atoms with Crippen LogP contribution in [0.5, 0.6) is 0 Å². The van der Waals surface area contributed by atoms with Crippen molar-refractivity contribution in [2.75, 3.05) is 23.7 Å². The molecule has 1 saturated heterocycles. The predicted octanol–water partition coefficient (Wildman–Crippen LogP) is 2.30. The van der Waals surface area contributed by atoms with Gasteiger partial charge in [0.1, 0.15) is 11.6 Å². The number of benzene rings is 1. The van der Waals surface area contributed by atoms with Gasteiger partial charge in [-0.15, -0.1) is 10.2 Å². The van der Waals surface area contributed by atoms with E-state index in [9.17, 15) is 9.18 Å². The Labute approximate surface area is 128 Å². The number of ketones is 1. The fourth-order valence-electron chi connectivity index (χ4n) is 2.72. The van der Waals surface area contributed by atoms with Crippen LogP contribution in [-0.4, -0.2) is 29.1 Å². The summed E-state index contributed by atoms with van der Waals surface area (Å²) in [5.74, 6) is 0.909. The number of hydrogen-bond donors (Lipinski definition) is 1. The van der Waals surface area contributed by atoms with Crippen molar-refractivity contribution < 1.29 is 9.18 Å². The van der Waals surface area contributed by atoms with Crippen molar-refractivity contribution in [2.24, 2.45) is 5.92 Å². The summed E-state index contributed by atoms with van der Waals surface area (Å²) in [6.07, 6.45) is 1.50. The van der Waals surface area contributed by atoms with Crippen LogP contribution in [0.3, 0.4) is 0 Å². The summed E-state index contributed by atoms with van der Waals surface area (Å²) in [6, 6.07) is 9.31. The molecule has 2 N–H and O–H groups in total. The number of rotatable bonds is 3. The van der Waals surface area contributed by atoms with Crippen molar-refractivity contribution in [1.82, 2.24) is 10.2 Å². The highest BCUT2D eigenvalue weighted by Gasteiger charge is 2.26. The number of piperidine rings is 1. The first-order chi connectivity index (χ1) is 10.6. The van der Waals surface area contributed by atoms with Gasteiger partial charge in [0.15, 0.2) is 11.6 Å². The minimum absolute atomic E-state index is 0.0246. The molecule has 0 amide bonds. The fourth-order valence-corrected chi connectivity index (χ4v) is 2.72. The first-order valence-electron chi connectivity index (χ1n) is 7.27. The van der Waals surface area contributed by atoms with Crippen molar-refractivity contribution in [3.8, 4) is 0 Å². The van der Waals surface area contributed by atoms with Crippen LogP contribution in [0.15, 0.2) is 36.4 Å². The Hall–Kier alpha value is -2.50. The molecule has 114 valence electrons. The molecular weight excluding hydrogens is 283 g/mol. The molecule has 0 bridgehead atoms. The quantitative estimate of drug-likeness (QED) is 0.881. The van der Waals surface area contributed by atoms with Gasteiger partial charge in [0.05, 0.1) is 0 Å². The number of carbonyl (C=O) groups is 1. The topological polar surface area (TPSA) is 72.1 Å². The third-order valence-electron chi connectivity index (χ3n) is 3.99. The lowest BCUT2D eigenvalue weighted by Gasteiger charge is -2.31. The Morgan fingerprint density at radius 2 is 1.77 bits per heavy atom. The number of aromatic nitrogens is 2. The smallest absolute Gasteiger partial charge is 0.166 e. The second-order valence-corrected chi connectivity index (χ2v) is 5.45. The van der Waals surface area contributed by atoms with E-state index in [1.807, 2.05) is 6.07 Å². The zero-order valence-corrected chi connectivity index (χ0v) is 12.1. The van der Waals surface area contributed by atoms with Gasteiger partial charge in [-0.1, -0.05) is 0 Å². The molecule has 6 heteroatoms. The summed E-state index contributed by atoms with van der Waals surface area (Å²) < 4.78 is 12.9. The lowest BCUT2D eigenvalue weighted by Crippen LogP contribution is -2.37. The molecule has 1 fully saturated rings. The van der Waals surface area contributed by atoms with Crippen molar-refractivity contribution in [3.63, 3.8) is 0 Å². The average molecular weight is 300 g/mol. The zero-order valence-electron chi connectivity index (χ0n) is 12.1. The Morgan fingerprint density at radius 3 is 2.36 bits per heavy atom. The van der Waals surface area contributed by atoms with Gasteiger partial charge >= 0.3 is 0 Å². The lowest BCUT2D eigenvalue weighted by atomic mass is 9.89. The molecule has 22 heavy (non-hydrogen) atoms. The van der Waals surface area contributed by atoms with Crippen molar-refractivity contribution in [2.45, 2.75) is 12.8 Å². The normalized spacial score (nSPS) is 15.8. The van der Waals surface area contributed by atoms with Crippen LogP contribution < -0.4 is 10.6 Å². The van der Waals surface area contributed by atoms with E-state index in [0.717, 1.165) is 31.7 Å². The molecule has 2 heterocycles. The number of carbonyl (C=O) groups excluding carboxylic acids is 1. The molecular formula is C16H17FN4O. The molecule has 0 spiro atoms. The monoisotopic (exact) mass is 300 g/mol. The highest BCUT2D eigenvalue weighted by atomic mass is 19.1. The van der Waals surface area contributed by atoms with E-state index in [4.69, 9.17) is 5.73 Å². The summed E-state index contributed by atoms with van der Waals surface area (Å²) in [5, 5.41) is 7.91. The van der Waals surface area contributed by atoms with E-state index in [2.05, 4.69) is 15.1 Å². The molecule has 0 radical (unpaired) electrons. The summed E-state index contributed by atoms with van der Waals surface area (Å²) >= 11 is 0. The Balaban J connectivity index is 1.62. The fraction of sp³-hybridized carbons (Fsp3) is 0.312. The van der Waals surface area contributed by atoms with Crippen molar-refractivity contribution in [1.29, 1.82) is 0 Å². The lowest BCUT2D eigenvalue weighted by molar-refractivity contribution is 0.0900. The maximum Gasteiger partial charge on any atom is 0.166 e. The molecule has 0 aliphatic carbocycles. The Morgan fingerprint density at radius 1 is 1.09 bits per heavy atom. The number of hydrogen-bond acceptors (Lipinski definition) is 5. The number of nitrogens with zero attached hydrogens (tertiary/aromatic N) is 3. The maximum atomic E-state index is 12.9. The number of halogens is 1. The van der Waals surface area contributed by atoms with E-state index in [0.29, 0.717) is 11.4 Å². The number of Topliss-reactive ketones (excluding diaryl/α,β-unsaturated/α-hetero) is 1. The van der Waals surface area contributed by atoms with Crippen LogP contribution >= 0.6 is 0 Å². The van der Waals surface area contributed by atoms with Crippen molar-refractivity contribution in [3.05, 3.63) is 47.8 Å². The summed E-state index contributed by atoms with van der Waals surface area (Å²) in [4.78, 5) is 14.5. The van der Waals surface area contributed by atoms with Gasteiger partial charge in [-0.3, -0.25) is 4.79 Å². The molecule has 1 aromatic carbocycles. The number of nitrogen functional groups attached to an aromatic ring is 1. The zero-order chi connectivity index (χ0) is 15.5. The van der Waals surface area contributed by atoms with Gasteiger partial charge < -0.3 is 10.6 Å². The number of nitrogens with two attached hydrogens (primary N) is 1. The van der Waals surface area contributed by atoms with Crippen molar-refractivity contribution >= 4 is 17.4 Å². The first kappa shape index (κ1) is 14.4. The second kappa shape index (κ2) is 6.09. The van der Waals surface area contributed by atoms with Crippen LogP contribution in [0.2, 0.25) is 0 Å². The van der Waals surface area contributed by atoms with Crippen LogP contribution in [0.4, 0.5) is 16.0 Å². The average Bonchev–Trinajstić information content (AvgIpc) is 2.56. The summed E-state index contributed by atoms with van der Waals surface area (Å²) in [6.45, 7) is 1.49. The molecule has 0 saturated carbocycles. The van der Waals surface area contributed by atoms with E-state index in [1.165, 1.54) is 12.1 Å². The standard InChI is InChI=1S/C16H17FN4O/c17-13-3-1-11(2-4-13)16(22)12-7-9-21(10-8-12)15-6-5-14(18)19-20-15/h1-6,12H,7-10H2,(H2,18,19). The predicted molar refractivity (Wildman–Crippen MR) is 82.1 cm³/mol. The SMILES string of the molecule is Nc1ccc(N2CCC(C(=O)c3ccc(F)cc3)CC2)nn1. The Bertz CT molecular complexity index is 649. The second-order valence-electron chi connectivity index (χ2n) is 5.45. The molecule has 1 aliphatic heterocycles. The number of anilines is 2. The van der Waals surface area contributed by atoms with Crippen LogP contribution in [0, 0.1) is 11.7 Å². The molecule has 2 aromatic rings. The summed E-state index contributed by atoms with van der Waals surface area (Å²) in [5.41, 5.74) is 6.11. The van der Waals surface area contributed by atoms with Gasteiger partial charge in [0.25, 0.3) is 0 Å². The van der Waals surface area contributed by atoms with Gasteiger partial charge in [-0.2, -0.15) is 0 Å². The minimum Gasteiger partial charge on any atom is -0.382 e. The Kier molecular flexibility index (Phi) is 4.00. The highest BCUT2D eigenvalue weighted by molar-refractivity contribution is 5.97. The molecule has 1 aliphatic rings. The first-order valence-corrected chi connectivity index (χ1v) is 7.27. The maximum absolute atomic E-state index is 12.9. The van der Waals surface area contributed by atoms with E-state index < -0.39 is 0 Å². The van der Waals surface area contributed by atoms with E-state index in [-0.39, 0.29) is 17.5 Å². The highest BCUT2D eigenvalue weighted by Crippen LogP contribution is 2.24. The minimum atomic E-state index is -0.326. The third-order valence-corrected chi connectivity index (χ3v) is 3.99. The van der Waals surface area contributed by atoms with Gasteiger partial charge in [-0.05, 0) is 49.2 Å².